The van der Waals surface area contributed by atoms with Gasteiger partial charge in [0.05, 0.1) is 30.7 Å². The van der Waals surface area contributed by atoms with Crippen molar-refractivity contribution in [2.24, 2.45) is 5.92 Å². The number of rotatable bonds is 5. The molecule has 1 amide bonds. The number of benzene rings is 1. The SMILES string of the molecule is CC1CCN(c2cncnc2-n2cc(NC(=O)Cc3ccc(F)cc3)cn2)CC1. The Morgan fingerprint density at radius 3 is 2.72 bits per heavy atom. The molecule has 2 aromatic heterocycles. The predicted octanol–water partition coefficient (Wildman–Crippen LogP) is 3.22. The van der Waals surface area contributed by atoms with Crippen molar-refractivity contribution >= 4 is 17.3 Å². The topological polar surface area (TPSA) is 75.9 Å². The standard InChI is InChI=1S/C21H23FN6O/c1-15-6-8-27(9-7-15)19-12-23-14-24-21(19)28-13-18(11-25-28)26-20(29)10-16-2-4-17(22)5-3-16/h2-5,11-15H,6-10H2,1H3,(H,26,29). The van der Waals surface area contributed by atoms with Crippen LogP contribution in [0.1, 0.15) is 25.3 Å². The van der Waals surface area contributed by atoms with Crippen LogP contribution in [-0.4, -0.2) is 38.7 Å². The van der Waals surface area contributed by atoms with Crippen LogP contribution in [0.2, 0.25) is 0 Å². The summed E-state index contributed by atoms with van der Waals surface area (Å²) in [6.45, 7) is 4.20. The van der Waals surface area contributed by atoms with Crippen LogP contribution in [0.3, 0.4) is 0 Å². The lowest BCUT2D eigenvalue weighted by molar-refractivity contribution is -0.115. The van der Waals surface area contributed by atoms with Gasteiger partial charge >= 0.3 is 0 Å². The van der Waals surface area contributed by atoms with E-state index in [1.54, 1.807) is 29.2 Å². The molecule has 0 unspecified atom stereocenters. The first kappa shape index (κ1) is 19.0. The number of aromatic nitrogens is 4. The number of nitrogens with zero attached hydrogens (tertiary/aromatic N) is 5. The maximum absolute atomic E-state index is 13.0. The minimum atomic E-state index is -0.320. The lowest BCUT2D eigenvalue weighted by Gasteiger charge is -2.32. The molecule has 1 saturated heterocycles. The quantitative estimate of drug-likeness (QED) is 0.719. The Labute approximate surface area is 168 Å². The van der Waals surface area contributed by atoms with Crippen molar-refractivity contribution in [3.8, 4) is 5.82 Å². The van der Waals surface area contributed by atoms with Gasteiger partial charge in [0.1, 0.15) is 17.8 Å². The number of carbonyl (C=O) groups is 1. The summed E-state index contributed by atoms with van der Waals surface area (Å²) in [5, 5.41) is 7.19. The van der Waals surface area contributed by atoms with Gasteiger partial charge in [-0.2, -0.15) is 5.10 Å². The maximum atomic E-state index is 13.0. The minimum absolute atomic E-state index is 0.163. The van der Waals surface area contributed by atoms with Gasteiger partial charge in [0, 0.05) is 13.1 Å². The fraction of sp³-hybridized carbons (Fsp3) is 0.333. The molecule has 29 heavy (non-hydrogen) atoms. The number of piperidine rings is 1. The normalized spacial score (nSPS) is 14.8. The molecule has 1 N–H and O–H groups in total. The van der Waals surface area contributed by atoms with Gasteiger partial charge in [-0.25, -0.2) is 19.0 Å². The second-order valence-electron chi connectivity index (χ2n) is 7.43. The van der Waals surface area contributed by atoms with E-state index in [0.717, 1.165) is 43.1 Å². The van der Waals surface area contributed by atoms with Crippen molar-refractivity contribution in [1.29, 1.82) is 0 Å². The lowest BCUT2D eigenvalue weighted by atomic mass is 9.99. The number of hydrogen-bond donors (Lipinski definition) is 1. The zero-order chi connectivity index (χ0) is 20.2. The summed E-state index contributed by atoms with van der Waals surface area (Å²) in [7, 11) is 0. The van der Waals surface area contributed by atoms with Crippen molar-refractivity contribution in [2.45, 2.75) is 26.2 Å². The number of halogens is 1. The van der Waals surface area contributed by atoms with Gasteiger partial charge in [0.2, 0.25) is 5.91 Å². The molecule has 0 saturated carbocycles. The van der Waals surface area contributed by atoms with Gasteiger partial charge in [-0.3, -0.25) is 4.79 Å². The van der Waals surface area contributed by atoms with Crippen LogP contribution in [0.5, 0.6) is 0 Å². The van der Waals surface area contributed by atoms with Crippen molar-refractivity contribution in [3.05, 3.63) is 60.6 Å². The first-order valence-electron chi connectivity index (χ1n) is 9.73. The second-order valence-corrected chi connectivity index (χ2v) is 7.43. The number of carbonyl (C=O) groups excluding carboxylic acids is 1. The molecule has 0 atom stereocenters. The summed E-state index contributed by atoms with van der Waals surface area (Å²) in [4.78, 5) is 23.2. The average Bonchev–Trinajstić information content (AvgIpc) is 3.18. The third-order valence-corrected chi connectivity index (χ3v) is 5.16. The molecule has 1 aromatic carbocycles. The Bertz CT molecular complexity index is 979. The molecular weight excluding hydrogens is 371 g/mol. The smallest absolute Gasteiger partial charge is 0.228 e. The first-order chi connectivity index (χ1) is 14.1. The van der Waals surface area contributed by atoms with Crippen molar-refractivity contribution in [1.82, 2.24) is 19.7 Å². The van der Waals surface area contributed by atoms with E-state index in [-0.39, 0.29) is 18.1 Å². The van der Waals surface area contributed by atoms with Crippen LogP contribution in [0, 0.1) is 11.7 Å². The number of hydrogen-bond acceptors (Lipinski definition) is 5. The third kappa shape index (κ3) is 4.59. The molecule has 7 nitrogen and oxygen atoms in total. The fourth-order valence-corrected chi connectivity index (χ4v) is 3.46. The minimum Gasteiger partial charge on any atom is -0.367 e. The van der Waals surface area contributed by atoms with Crippen molar-refractivity contribution < 1.29 is 9.18 Å². The van der Waals surface area contributed by atoms with Gasteiger partial charge in [-0.05, 0) is 36.5 Å². The van der Waals surface area contributed by atoms with Crippen LogP contribution in [0.25, 0.3) is 5.82 Å². The van der Waals surface area contributed by atoms with Crippen molar-refractivity contribution in [2.75, 3.05) is 23.3 Å². The Kier molecular flexibility index (Phi) is 5.50. The zero-order valence-corrected chi connectivity index (χ0v) is 16.3. The first-order valence-corrected chi connectivity index (χ1v) is 9.73. The molecule has 0 radical (unpaired) electrons. The monoisotopic (exact) mass is 394 g/mol. The molecule has 0 bridgehead atoms. The summed E-state index contributed by atoms with van der Waals surface area (Å²) < 4.78 is 14.7. The summed E-state index contributed by atoms with van der Waals surface area (Å²) >= 11 is 0. The molecule has 0 aliphatic carbocycles. The summed E-state index contributed by atoms with van der Waals surface area (Å²) in [5.74, 6) is 0.906. The average molecular weight is 394 g/mol. The van der Waals surface area contributed by atoms with Crippen molar-refractivity contribution in [3.63, 3.8) is 0 Å². The molecule has 1 aliphatic rings. The maximum Gasteiger partial charge on any atom is 0.228 e. The number of anilines is 2. The summed E-state index contributed by atoms with van der Waals surface area (Å²) in [5.41, 5.74) is 2.26. The highest BCUT2D eigenvalue weighted by Gasteiger charge is 2.20. The molecule has 4 rings (SSSR count). The highest BCUT2D eigenvalue weighted by Crippen LogP contribution is 2.26. The Morgan fingerprint density at radius 2 is 1.97 bits per heavy atom. The van der Waals surface area contributed by atoms with Crippen LogP contribution in [0.4, 0.5) is 15.8 Å². The summed E-state index contributed by atoms with van der Waals surface area (Å²) in [6.07, 6.45) is 9.08. The lowest BCUT2D eigenvalue weighted by Crippen LogP contribution is -2.33. The van der Waals surface area contributed by atoms with Crippen LogP contribution in [0.15, 0.2) is 49.2 Å². The second kappa shape index (κ2) is 8.38. The van der Waals surface area contributed by atoms with Gasteiger partial charge in [-0.15, -0.1) is 0 Å². The predicted molar refractivity (Wildman–Crippen MR) is 108 cm³/mol. The van der Waals surface area contributed by atoms with Crippen LogP contribution >= 0.6 is 0 Å². The molecule has 3 aromatic rings. The number of amides is 1. The van der Waals surface area contributed by atoms with E-state index >= 15 is 0 Å². The van der Waals surface area contributed by atoms with Gasteiger partial charge < -0.3 is 10.2 Å². The van der Waals surface area contributed by atoms with Crippen LogP contribution < -0.4 is 10.2 Å². The Balaban J connectivity index is 1.46. The molecule has 1 aliphatic heterocycles. The van der Waals surface area contributed by atoms with E-state index in [1.807, 2.05) is 6.20 Å². The van der Waals surface area contributed by atoms with E-state index in [9.17, 15) is 9.18 Å². The molecule has 1 fully saturated rings. The molecule has 150 valence electrons. The Hall–Kier alpha value is -3.29. The molecule has 3 heterocycles. The molecule has 0 spiro atoms. The van der Waals surface area contributed by atoms with Gasteiger partial charge in [0.15, 0.2) is 5.82 Å². The molecular formula is C21H23FN6O. The highest BCUT2D eigenvalue weighted by molar-refractivity contribution is 5.92. The number of nitrogens with one attached hydrogen (secondary N) is 1. The molecule has 8 heteroatoms. The fourth-order valence-electron chi connectivity index (χ4n) is 3.46. The largest absolute Gasteiger partial charge is 0.367 e. The van der Waals surface area contributed by atoms with E-state index in [1.165, 1.54) is 18.5 Å². The van der Waals surface area contributed by atoms with Gasteiger partial charge in [-0.1, -0.05) is 19.1 Å². The van der Waals surface area contributed by atoms with E-state index in [2.05, 4.69) is 32.2 Å². The van der Waals surface area contributed by atoms with Crippen LogP contribution in [-0.2, 0) is 11.2 Å². The Morgan fingerprint density at radius 1 is 1.21 bits per heavy atom. The third-order valence-electron chi connectivity index (χ3n) is 5.16. The summed E-state index contributed by atoms with van der Waals surface area (Å²) in [6, 6.07) is 5.90. The highest BCUT2D eigenvalue weighted by atomic mass is 19.1. The van der Waals surface area contributed by atoms with E-state index < -0.39 is 0 Å². The van der Waals surface area contributed by atoms with E-state index in [0.29, 0.717) is 11.5 Å². The van der Waals surface area contributed by atoms with E-state index in [4.69, 9.17) is 0 Å². The van der Waals surface area contributed by atoms with Gasteiger partial charge in [0.25, 0.3) is 0 Å². The zero-order valence-electron chi connectivity index (χ0n) is 16.3.